The van der Waals surface area contributed by atoms with Crippen molar-refractivity contribution in [2.24, 2.45) is 0 Å². The van der Waals surface area contributed by atoms with E-state index in [2.05, 4.69) is 19.7 Å². The maximum absolute atomic E-state index is 13.8. The van der Waals surface area contributed by atoms with Crippen LogP contribution in [0.15, 0.2) is 48.8 Å². The molecule has 2 aromatic heterocycles. The number of nitrogens with zero attached hydrogens (tertiary/aromatic N) is 3. The van der Waals surface area contributed by atoms with Gasteiger partial charge in [-0.2, -0.15) is 0 Å². The molecule has 0 amide bonds. The summed E-state index contributed by atoms with van der Waals surface area (Å²) in [6.45, 7) is 0.628. The SMILES string of the molecule is Fc1cc(F)c2nc(Nc3ccc(ON4C=Cc5sncc5C4)cc3)[nH]c2c1. The number of nitrogens with one attached hydrogen (secondary N) is 2. The number of hydroxylamine groups is 2. The van der Waals surface area contributed by atoms with Crippen molar-refractivity contribution in [3.8, 4) is 5.75 Å². The Kier molecular flexibility index (Phi) is 3.94. The van der Waals surface area contributed by atoms with Crippen LogP contribution in [-0.2, 0) is 6.54 Å². The smallest absolute Gasteiger partial charge is 0.205 e. The molecule has 4 aromatic rings. The molecule has 0 saturated carbocycles. The van der Waals surface area contributed by atoms with Crippen LogP contribution in [0.5, 0.6) is 5.75 Å². The lowest BCUT2D eigenvalue weighted by atomic mass is 10.2. The van der Waals surface area contributed by atoms with Crippen molar-refractivity contribution in [1.82, 2.24) is 19.4 Å². The first-order valence-corrected chi connectivity index (χ1v) is 9.19. The van der Waals surface area contributed by atoms with Gasteiger partial charge in [-0.05, 0) is 47.9 Å². The number of rotatable bonds is 4. The van der Waals surface area contributed by atoms with E-state index in [9.17, 15) is 8.78 Å². The highest BCUT2D eigenvalue weighted by molar-refractivity contribution is 7.06. The highest BCUT2D eigenvalue weighted by atomic mass is 32.1. The van der Waals surface area contributed by atoms with Crippen LogP contribution < -0.4 is 10.2 Å². The molecule has 5 rings (SSSR count). The molecule has 0 saturated heterocycles. The summed E-state index contributed by atoms with van der Waals surface area (Å²) in [5.41, 5.74) is 2.23. The Morgan fingerprint density at radius 1 is 1.18 bits per heavy atom. The molecular formula is C19H13F2N5OS. The van der Waals surface area contributed by atoms with Gasteiger partial charge in [-0.15, -0.1) is 0 Å². The lowest BCUT2D eigenvalue weighted by Crippen LogP contribution is -2.22. The molecule has 6 nitrogen and oxygen atoms in total. The molecule has 140 valence electrons. The first-order chi connectivity index (χ1) is 13.6. The molecule has 0 spiro atoms. The molecule has 1 aliphatic heterocycles. The minimum absolute atomic E-state index is 0.0861. The number of halogens is 2. The van der Waals surface area contributed by atoms with E-state index in [1.54, 1.807) is 17.2 Å². The Hall–Kier alpha value is -3.46. The normalized spacial score (nSPS) is 13.0. The Labute approximate surface area is 162 Å². The second-order valence-electron chi connectivity index (χ2n) is 6.22. The van der Waals surface area contributed by atoms with Gasteiger partial charge < -0.3 is 15.1 Å². The highest BCUT2D eigenvalue weighted by Crippen LogP contribution is 2.26. The average molecular weight is 397 g/mol. The molecule has 0 unspecified atom stereocenters. The summed E-state index contributed by atoms with van der Waals surface area (Å²) in [7, 11) is 0. The standard InChI is InChI=1S/C19H13F2N5OS/c20-12-7-15(21)18-16(8-12)24-19(25-18)23-13-1-3-14(4-2-13)27-26-6-5-17-11(10-26)9-22-28-17/h1-9H,10H2,(H2,23,24,25). The first-order valence-electron chi connectivity index (χ1n) is 8.42. The maximum atomic E-state index is 13.8. The van der Waals surface area contributed by atoms with Crippen LogP contribution in [0.3, 0.4) is 0 Å². The molecule has 2 aromatic carbocycles. The van der Waals surface area contributed by atoms with Gasteiger partial charge in [-0.1, -0.05) is 0 Å². The fourth-order valence-electron chi connectivity index (χ4n) is 2.93. The zero-order chi connectivity index (χ0) is 19.1. The summed E-state index contributed by atoms with van der Waals surface area (Å²) in [4.78, 5) is 14.0. The van der Waals surface area contributed by atoms with Gasteiger partial charge in [0.1, 0.15) is 11.3 Å². The number of hydrogen-bond donors (Lipinski definition) is 2. The van der Waals surface area contributed by atoms with E-state index >= 15 is 0 Å². The summed E-state index contributed by atoms with van der Waals surface area (Å²) in [5.74, 6) is -0.371. The van der Waals surface area contributed by atoms with E-state index in [1.165, 1.54) is 17.6 Å². The maximum Gasteiger partial charge on any atom is 0.205 e. The van der Waals surface area contributed by atoms with Crippen LogP contribution >= 0.6 is 11.5 Å². The number of H-pyrrole nitrogens is 1. The summed E-state index contributed by atoms with van der Waals surface area (Å²) in [6.07, 6.45) is 5.68. The Bertz CT molecular complexity index is 1180. The number of hydrogen-bond acceptors (Lipinski definition) is 6. The van der Waals surface area contributed by atoms with Gasteiger partial charge in [-0.25, -0.2) is 23.2 Å². The van der Waals surface area contributed by atoms with E-state index in [0.29, 0.717) is 23.8 Å². The molecule has 0 radical (unpaired) electrons. The van der Waals surface area contributed by atoms with Gasteiger partial charge in [0, 0.05) is 29.7 Å². The van der Waals surface area contributed by atoms with Crippen molar-refractivity contribution in [2.75, 3.05) is 5.32 Å². The lowest BCUT2D eigenvalue weighted by molar-refractivity contribution is -0.0160. The minimum atomic E-state index is -0.707. The number of aromatic amines is 1. The van der Waals surface area contributed by atoms with Crippen LogP contribution in [0.25, 0.3) is 17.1 Å². The molecule has 0 aliphatic carbocycles. The molecule has 0 fully saturated rings. The minimum Gasteiger partial charge on any atom is -0.380 e. The average Bonchev–Trinajstić information content (AvgIpc) is 3.29. The van der Waals surface area contributed by atoms with Crippen LogP contribution in [0.2, 0.25) is 0 Å². The number of aromatic nitrogens is 3. The molecule has 0 atom stereocenters. The van der Waals surface area contributed by atoms with Crippen molar-refractivity contribution < 1.29 is 13.6 Å². The topological polar surface area (TPSA) is 66.1 Å². The third kappa shape index (κ3) is 3.16. The highest BCUT2D eigenvalue weighted by Gasteiger charge is 2.14. The number of imidazole rings is 1. The van der Waals surface area contributed by atoms with Crippen LogP contribution in [-0.4, -0.2) is 19.4 Å². The van der Waals surface area contributed by atoms with Gasteiger partial charge in [0.2, 0.25) is 5.95 Å². The Balaban J connectivity index is 1.28. The molecule has 2 N–H and O–H groups in total. The number of benzene rings is 2. The first kappa shape index (κ1) is 16.7. The fraction of sp³-hybridized carbons (Fsp3) is 0.0526. The zero-order valence-electron chi connectivity index (χ0n) is 14.3. The van der Waals surface area contributed by atoms with E-state index < -0.39 is 11.6 Å². The van der Waals surface area contributed by atoms with Crippen LogP contribution in [0, 0.1) is 11.6 Å². The second-order valence-corrected chi connectivity index (χ2v) is 7.05. The molecule has 28 heavy (non-hydrogen) atoms. The van der Waals surface area contributed by atoms with Crippen LogP contribution in [0.1, 0.15) is 10.4 Å². The Morgan fingerprint density at radius 2 is 2.04 bits per heavy atom. The number of fused-ring (bicyclic) bond motifs is 2. The van der Waals surface area contributed by atoms with Crippen molar-refractivity contribution >= 4 is 40.3 Å². The Morgan fingerprint density at radius 3 is 2.89 bits per heavy atom. The largest absolute Gasteiger partial charge is 0.380 e. The lowest BCUT2D eigenvalue weighted by Gasteiger charge is -2.23. The van der Waals surface area contributed by atoms with Gasteiger partial charge in [-0.3, -0.25) is 0 Å². The van der Waals surface area contributed by atoms with Crippen LogP contribution in [0.4, 0.5) is 20.4 Å². The van der Waals surface area contributed by atoms with E-state index in [1.807, 2.05) is 30.6 Å². The summed E-state index contributed by atoms with van der Waals surface area (Å²) in [6, 6.07) is 9.24. The summed E-state index contributed by atoms with van der Waals surface area (Å²) in [5, 5.41) is 4.77. The second kappa shape index (κ2) is 6.61. The fourth-order valence-corrected chi connectivity index (χ4v) is 3.58. The molecule has 1 aliphatic rings. The monoisotopic (exact) mass is 397 g/mol. The predicted octanol–water partition coefficient (Wildman–Crippen LogP) is 4.82. The van der Waals surface area contributed by atoms with E-state index in [4.69, 9.17) is 4.84 Å². The van der Waals surface area contributed by atoms with Crippen molar-refractivity contribution in [1.29, 1.82) is 0 Å². The van der Waals surface area contributed by atoms with Gasteiger partial charge >= 0.3 is 0 Å². The molecule has 9 heteroatoms. The van der Waals surface area contributed by atoms with Gasteiger partial charge in [0.15, 0.2) is 11.6 Å². The summed E-state index contributed by atoms with van der Waals surface area (Å²) >= 11 is 1.46. The zero-order valence-corrected chi connectivity index (χ0v) is 15.1. The third-order valence-electron chi connectivity index (χ3n) is 4.24. The number of anilines is 2. The van der Waals surface area contributed by atoms with E-state index in [0.717, 1.165) is 22.2 Å². The third-order valence-corrected chi connectivity index (χ3v) is 5.04. The van der Waals surface area contributed by atoms with Crippen molar-refractivity contribution in [3.05, 3.63) is 70.9 Å². The quantitative estimate of drug-likeness (QED) is 0.517. The van der Waals surface area contributed by atoms with Crippen molar-refractivity contribution in [2.45, 2.75) is 6.54 Å². The predicted molar refractivity (Wildman–Crippen MR) is 103 cm³/mol. The van der Waals surface area contributed by atoms with E-state index in [-0.39, 0.29) is 5.52 Å². The van der Waals surface area contributed by atoms with Gasteiger partial charge in [0.25, 0.3) is 0 Å². The van der Waals surface area contributed by atoms with Gasteiger partial charge in [0.05, 0.1) is 16.9 Å². The molecular weight excluding hydrogens is 384 g/mol. The molecule has 3 heterocycles. The van der Waals surface area contributed by atoms with Crippen molar-refractivity contribution in [3.63, 3.8) is 0 Å². The molecule has 0 bridgehead atoms. The summed E-state index contributed by atoms with van der Waals surface area (Å²) < 4.78 is 31.2.